The van der Waals surface area contributed by atoms with Crippen molar-refractivity contribution < 1.29 is 14.3 Å². The van der Waals surface area contributed by atoms with E-state index in [4.69, 9.17) is 9.47 Å². The molecule has 0 spiro atoms. The molecule has 1 N–H and O–H groups in total. The van der Waals surface area contributed by atoms with Gasteiger partial charge in [-0.05, 0) is 11.6 Å². The highest BCUT2D eigenvalue weighted by molar-refractivity contribution is 6.06. The Kier molecular flexibility index (Phi) is 5.93. The molecule has 0 fully saturated rings. The molecule has 0 radical (unpaired) electrons. The number of rotatable bonds is 7. The fourth-order valence-electron chi connectivity index (χ4n) is 4.23. The van der Waals surface area contributed by atoms with Crippen molar-refractivity contribution in [1.29, 1.82) is 0 Å². The average Bonchev–Trinajstić information content (AvgIpc) is 3.20. The van der Waals surface area contributed by atoms with Crippen molar-refractivity contribution in [2.75, 3.05) is 19.5 Å². The Bertz CT molecular complexity index is 1570. The molecule has 0 saturated heterocycles. The third-order valence-corrected chi connectivity index (χ3v) is 5.87. The third kappa shape index (κ3) is 4.33. The van der Waals surface area contributed by atoms with E-state index < -0.39 is 0 Å². The molecule has 8 heteroatoms. The number of anilines is 1. The van der Waals surface area contributed by atoms with Gasteiger partial charge in [-0.15, -0.1) is 0 Å². The summed E-state index contributed by atoms with van der Waals surface area (Å²) in [5.74, 6) is 0.829. The first-order chi connectivity index (χ1) is 17.1. The molecule has 0 aliphatic carbocycles. The zero-order chi connectivity index (χ0) is 24.4. The lowest BCUT2D eigenvalue weighted by Gasteiger charge is -2.12. The fraction of sp³-hybridized carbons (Fsp3) is 0.148. The Morgan fingerprint density at radius 3 is 2.34 bits per heavy atom. The highest BCUT2D eigenvalue weighted by Crippen LogP contribution is 2.27. The maximum atomic E-state index is 13.6. The standard InChI is InChI=1S/C27H24N4O4/c1-34-20-12-19(13-21(14-20)35-2)29-24(32)16-31-23-11-7-6-10-22(23)25-26(31)27(33)30(17-28-25)15-18-8-4-3-5-9-18/h3-14,17H,15-16H2,1-2H3,(H,29,32). The van der Waals surface area contributed by atoms with Crippen LogP contribution in [0.2, 0.25) is 0 Å². The number of ether oxygens (including phenoxy) is 2. The number of amides is 1. The second-order valence-electron chi connectivity index (χ2n) is 8.11. The number of para-hydroxylation sites is 1. The summed E-state index contributed by atoms with van der Waals surface area (Å²) >= 11 is 0. The van der Waals surface area contributed by atoms with Gasteiger partial charge >= 0.3 is 0 Å². The molecule has 1 amide bonds. The molecule has 5 aromatic rings. The molecule has 0 bridgehead atoms. The van der Waals surface area contributed by atoms with E-state index in [1.807, 2.05) is 54.6 Å². The van der Waals surface area contributed by atoms with E-state index in [0.717, 1.165) is 16.5 Å². The first-order valence-corrected chi connectivity index (χ1v) is 11.1. The van der Waals surface area contributed by atoms with Crippen LogP contribution in [-0.2, 0) is 17.9 Å². The predicted octanol–water partition coefficient (Wildman–Crippen LogP) is 4.06. The molecule has 0 aliphatic rings. The molecule has 8 nitrogen and oxygen atoms in total. The Morgan fingerprint density at radius 1 is 0.943 bits per heavy atom. The number of hydrogen-bond acceptors (Lipinski definition) is 5. The minimum atomic E-state index is -0.291. The van der Waals surface area contributed by atoms with Crippen LogP contribution in [0.25, 0.3) is 21.9 Å². The third-order valence-electron chi connectivity index (χ3n) is 5.87. The first kappa shape index (κ1) is 22.2. The van der Waals surface area contributed by atoms with Gasteiger partial charge in [0.15, 0.2) is 0 Å². The van der Waals surface area contributed by atoms with Crippen LogP contribution in [-0.4, -0.2) is 34.2 Å². The molecule has 0 aliphatic heterocycles. The summed E-state index contributed by atoms with van der Waals surface area (Å²) in [5, 5.41) is 3.71. The van der Waals surface area contributed by atoms with Gasteiger partial charge in [-0.25, -0.2) is 4.98 Å². The normalized spacial score (nSPS) is 11.0. The van der Waals surface area contributed by atoms with Gasteiger partial charge in [0.05, 0.1) is 32.6 Å². The van der Waals surface area contributed by atoms with Crippen LogP contribution in [0.1, 0.15) is 5.56 Å². The minimum absolute atomic E-state index is 0.0597. The first-order valence-electron chi connectivity index (χ1n) is 11.1. The zero-order valence-corrected chi connectivity index (χ0v) is 19.4. The lowest BCUT2D eigenvalue weighted by Crippen LogP contribution is -2.25. The summed E-state index contributed by atoms with van der Waals surface area (Å²) in [6, 6.07) is 22.4. The summed E-state index contributed by atoms with van der Waals surface area (Å²) in [5.41, 5.74) is 3.05. The van der Waals surface area contributed by atoms with Crippen molar-refractivity contribution in [3.8, 4) is 11.5 Å². The van der Waals surface area contributed by atoms with Gasteiger partial charge in [-0.2, -0.15) is 0 Å². The van der Waals surface area contributed by atoms with Crippen molar-refractivity contribution in [3.63, 3.8) is 0 Å². The average molecular weight is 469 g/mol. The number of carbonyl (C=O) groups is 1. The van der Waals surface area contributed by atoms with Crippen LogP contribution >= 0.6 is 0 Å². The number of aromatic nitrogens is 3. The Labute approximate surface area is 201 Å². The molecule has 0 atom stereocenters. The largest absolute Gasteiger partial charge is 0.497 e. The van der Waals surface area contributed by atoms with Crippen LogP contribution in [0.15, 0.2) is 83.9 Å². The molecule has 2 aromatic heterocycles. The Balaban J connectivity index is 1.55. The molecule has 0 saturated carbocycles. The van der Waals surface area contributed by atoms with Crippen molar-refractivity contribution in [1.82, 2.24) is 14.1 Å². The van der Waals surface area contributed by atoms with Crippen LogP contribution in [0.4, 0.5) is 5.69 Å². The number of fused-ring (bicyclic) bond motifs is 3. The topological polar surface area (TPSA) is 87.4 Å². The maximum Gasteiger partial charge on any atom is 0.278 e. The predicted molar refractivity (Wildman–Crippen MR) is 135 cm³/mol. The van der Waals surface area contributed by atoms with E-state index in [0.29, 0.717) is 34.8 Å². The number of benzene rings is 3. The number of nitrogens with zero attached hydrogens (tertiary/aromatic N) is 3. The van der Waals surface area contributed by atoms with Gasteiger partial charge < -0.3 is 19.4 Å². The molecule has 35 heavy (non-hydrogen) atoms. The number of nitrogens with one attached hydrogen (secondary N) is 1. The summed E-state index contributed by atoms with van der Waals surface area (Å²) in [4.78, 5) is 31.3. The molecular weight excluding hydrogens is 444 g/mol. The maximum absolute atomic E-state index is 13.6. The molecule has 0 unspecified atom stereocenters. The summed E-state index contributed by atoms with van der Waals surface area (Å²) < 4.78 is 13.9. The van der Waals surface area contributed by atoms with Crippen molar-refractivity contribution in [2.45, 2.75) is 13.1 Å². The highest BCUT2D eigenvalue weighted by Gasteiger charge is 2.18. The second-order valence-corrected chi connectivity index (χ2v) is 8.11. The lowest BCUT2D eigenvalue weighted by molar-refractivity contribution is -0.116. The Hall–Kier alpha value is -4.59. The fourth-order valence-corrected chi connectivity index (χ4v) is 4.23. The monoisotopic (exact) mass is 468 g/mol. The number of carbonyl (C=O) groups excluding carboxylic acids is 1. The number of methoxy groups -OCH3 is 2. The summed E-state index contributed by atoms with van der Waals surface area (Å²) in [6.45, 7) is 0.329. The zero-order valence-electron chi connectivity index (χ0n) is 19.4. The van der Waals surface area contributed by atoms with Gasteiger partial charge in [0.1, 0.15) is 29.1 Å². The lowest BCUT2D eigenvalue weighted by atomic mass is 10.2. The number of hydrogen-bond donors (Lipinski definition) is 1. The van der Waals surface area contributed by atoms with E-state index in [2.05, 4.69) is 10.3 Å². The second kappa shape index (κ2) is 9.34. The van der Waals surface area contributed by atoms with Crippen LogP contribution in [0.5, 0.6) is 11.5 Å². The van der Waals surface area contributed by atoms with Gasteiger partial charge in [0.2, 0.25) is 5.91 Å². The Morgan fingerprint density at radius 2 is 1.63 bits per heavy atom. The van der Waals surface area contributed by atoms with Crippen molar-refractivity contribution in [2.24, 2.45) is 0 Å². The van der Waals surface area contributed by atoms with Gasteiger partial charge in [-0.3, -0.25) is 14.2 Å². The van der Waals surface area contributed by atoms with E-state index in [1.165, 1.54) is 0 Å². The molecule has 2 heterocycles. The van der Waals surface area contributed by atoms with Gasteiger partial charge in [0.25, 0.3) is 5.56 Å². The minimum Gasteiger partial charge on any atom is -0.497 e. The van der Waals surface area contributed by atoms with E-state index in [9.17, 15) is 9.59 Å². The van der Waals surface area contributed by atoms with Crippen molar-refractivity contribution in [3.05, 3.63) is 95.0 Å². The van der Waals surface area contributed by atoms with E-state index in [1.54, 1.807) is 47.9 Å². The molecule has 176 valence electrons. The summed E-state index contributed by atoms with van der Waals surface area (Å²) in [7, 11) is 3.10. The highest BCUT2D eigenvalue weighted by atomic mass is 16.5. The quantitative estimate of drug-likeness (QED) is 0.389. The van der Waals surface area contributed by atoms with E-state index in [-0.39, 0.29) is 18.0 Å². The van der Waals surface area contributed by atoms with Crippen LogP contribution in [0.3, 0.4) is 0 Å². The SMILES string of the molecule is COc1cc(NC(=O)Cn2c3ccccc3c3ncn(Cc4ccccc4)c(=O)c32)cc(OC)c1. The molecule has 3 aromatic carbocycles. The molecule has 5 rings (SSSR count). The smallest absolute Gasteiger partial charge is 0.278 e. The van der Waals surface area contributed by atoms with E-state index >= 15 is 0 Å². The molecular formula is C27H24N4O4. The summed E-state index contributed by atoms with van der Waals surface area (Å²) in [6.07, 6.45) is 1.57. The van der Waals surface area contributed by atoms with Gasteiger partial charge in [-0.1, -0.05) is 48.5 Å². The van der Waals surface area contributed by atoms with Crippen LogP contribution < -0.4 is 20.3 Å². The van der Waals surface area contributed by atoms with Crippen LogP contribution in [0, 0.1) is 0 Å². The van der Waals surface area contributed by atoms with Gasteiger partial charge in [0, 0.05) is 29.3 Å². The van der Waals surface area contributed by atoms with Crippen molar-refractivity contribution >= 4 is 33.5 Å².